The summed E-state index contributed by atoms with van der Waals surface area (Å²) < 4.78 is 6.56. The van der Waals surface area contributed by atoms with Crippen molar-refractivity contribution in [2.45, 2.75) is 52.0 Å². The Bertz CT molecular complexity index is 1020. The molecule has 0 aromatic carbocycles. The number of hydrogen-bond acceptors (Lipinski definition) is 5. The molecule has 4 rings (SSSR count). The van der Waals surface area contributed by atoms with Crippen molar-refractivity contribution in [2.75, 3.05) is 6.54 Å². The third-order valence-electron chi connectivity index (χ3n) is 5.36. The molecule has 8 nitrogen and oxygen atoms in total. The fourth-order valence-corrected chi connectivity index (χ4v) is 3.71. The van der Waals surface area contributed by atoms with Crippen LogP contribution in [0, 0.1) is 13.8 Å². The van der Waals surface area contributed by atoms with Crippen LogP contribution in [0.5, 0.6) is 0 Å². The maximum atomic E-state index is 12.8. The van der Waals surface area contributed by atoms with Crippen molar-refractivity contribution in [3.8, 4) is 0 Å². The lowest BCUT2D eigenvalue weighted by molar-refractivity contribution is -0.135. The Labute approximate surface area is 156 Å². The summed E-state index contributed by atoms with van der Waals surface area (Å²) in [6.45, 7) is 4.33. The van der Waals surface area contributed by atoms with Gasteiger partial charge in [-0.05, 0) is 33.1 Å². The minimum atomic E-state index is -0.0947. The number of nitrogens with one attached hydrogen (secondary N) is 1. The maximum Gasteiger partial charge on any atom is 0.275 e. The normalized spacial score (nSPS) is 17.6. The topological polar surface area (TPSA) is 96.5 Å². The minimum Gasteiger partial charge on any atom is -0.361 e. The summed E-state index contributed by atoms with van der Waals surface area (Å²) in [6, 6.07) is 3.60. The second-order valence-electron chi connectivity index (χ2n) is 7.11. The molecule has 1 saturated heterocycles. The summed E-state index contributed by atoms with van der Waals surface area (Å²) in [5, 5.41) is 6.85. The lowest BCUT2D eigenvalue weighted by atomic mass is 9.98. The highest BCUT2D eigenvalue weighted by Crippen LogP contribution is 2.31. The molecule has 0 radical (unpaired) electrons. The van der Waals surface area contributed by atoms with Crippen molar-refractivity contribution in [3.05, 3.63) is 51.4 Å². The molecule has 0 aliphatic carbocycles. The number of aromatic nitrogens is 4. The summed E-state index contributed by atoms with van der Waals surface area (Å²) in [4.78, 5) is 31.7. The number of carbonyl (C=O) groups excluding carboxylic acids is 1. The summed E-state index contributed by atoms with van der Waals surface area (Å²) in [6.07, 6.45) is 5.40. The molecule has 0 spiro atoms. The van der Waals surface area contributed by atoms with Gasteiger partial charge in [0, 0.05) is 42.8 Å². The van der Waals surface area contributed by atoms with Gasteiger partial charge in [-0.2, -0.15) is 0 Å². The van der Waals surface area contributed by atoms with Crippen molar-refractivity contribution < 1.29 is 9.32 Å². The summed E-state index contributed by atoms with van der Waals surface area (Å²) in [7, 11) is 0. The highest BCUT2D eigenvalue weighted by atomic mass is 16.5. The summed E-state index contributed by atoms with van der Waals surface area (Å²) in [5.41, 5.74) is 2.72. The molecule has 27 heavy (non-hydrogen) atoms. The van der Waals surface area contributed by atoms with Gasteiger partial charge in [0.25, 0.3) is 5.56 Å². The molecule has 3 aromatic heterocycles. The quantitative estimate of drug-likeness (QED) is 0.761. The van der Waals surface area contributed by atoms with E-state index in [1.807, 2.05) is 17.9 Å². The van der Waals surface area contributed by atoms with E-state index in [9.17, 15) is 9.59 Å². The Balaban J connectivity index is 1.60. The molecule has 0 unspecified atom stereocenters. The number of carbonyl (C=O) groups is 1. The molecule has 1 fully saturated rings. The predicted octanol–water partition coefficient (Wildman–Crippen LogP) is 2.31. The van der Waals surface area contributed by atoms with Crippen molar-refractivity contribution in [3.63, 3.8) is 0 Å². The van der Waals surface area contributed by atoms with E-state index < -0.39 is 0 Å². The van der Waals surface area contributed by atoms with E-state index in [4.69, 9.17) is 4.52 Å². The van der Waals surface area contributed by atoms with Gasteiger partial charge >= 0.3 is 0 Å². The highest BCUT2D eigenvalue weighted by molar-refractivity contribution is 5.77. The third kappa shape index (κ3) is 3.27. The van der Waals surface area contributed by atoms with Gasteiger partial charge in [0.15, 0.2) is 5.65 Å². The number of aromatic amines is 1. The van der Waals surface area contributed by atoms with Crippen LogP contribution < -0.4 is 5.56 Å². The Morgan fingerprint density at radius 2 is 2.22 bits per heavy atom. The van der Waals surface area contributed by atoms with Gasteiger partial charge in [-0.3, -0.25) is 14.7 Å². The van der Waals surface area contributed by atoms with E-state index >= 15 is 0 Å². The predicted molar refractivity (Wildman–Crippen MR) is 98.4 cm³/mol. The first-order valence-corrected chi connectivity index (χ1v) is 9.32. The van der Waals surface area contributed by atoms with Crippen molar-refractivity contribution in [2.24, 2.45) is 0 Å². The van der Waals surface area contributed by atoms with Gasteiger partial charge in [-0.1, -0.05) is 5.16 Å². The van der Waals surface area contributed by atoms with Gasteiger partial charge in [-0.25, -0.2) is 9.50 Å². The average molecular weight is 369 g/mol. The fourth-order valence-electron chi connectivity index (χ4n) is 3.71. The molecule has 142 valence electrons. The SMILES string of the molecule is Cc1nc2cc([C@@H]3CCCCN3C(=O)CCc3ccno3)[nH]n2c(=O)c1C. The van der Waals surface area contributed by atoms with Gasteiger partial charge in [0.2, 0.25) is 5.91 Å². The van der Waals surface area contributed by atoms with E-state index in [-0.39, 0.29) is 17.5 Å². The molecule has 0 saturated carbocycles. The standard InChI is InChI=1S/C19H23N5O3/c1-12-13(2)21-17-11-15(22-24(17)19(12)26)16-5-3-4-10-23(16)18(25)7-6-14-8-9-20-27-14/h8-9,11,16,22H,3-7,10H2,1-2H3/t16-/m0/s1. The van der Waals surface area contributed by atoms with Crippen molar-refractivity contribution in [1.82, 2.24) is 24.7 Å². The lowest BCUT2D eigenvalue weighted by Gasteiger charge is -2.35. The lowest BCUT2D eigenvalue weighted by Crippen LogP contribution is -2.38. The molecule has 1 atom stereocenters. The first-order valence-electron chi connectivity index (χ1n) is 9.32. The molecule has 1 aliphatic heterocycles. The number of aryl methyl sites for hydroxylation is 2. The van der Waals surface area contributed by atoms with Crippen LogP contribution in [0.2, 0.25) is 0 Å². The van der Waals surface area contributed by atoms with Crippen LogP contribution in [0.25, 0.3) is 5.65 Å². The Kier molecular flexibility index (Phi) is 4.55. The largest absolute Gasteiger partial charge is 0.361 e. The number of fused-ring (bicyclic) bond motifs is 1. The second-order valence-corrected chi connectivity index (χ2v) is 7.11. The van der Waals surface area contributed by atoms with E-state index in [1.54, 1.807) is 19.2 Å². The Morgan fingerprint density at radius 3 is 3.00 bits per heavy atom. The van der Waals surface area contributed by atoms with E-state index in [1.165, 1.54) is 4.52 Å². The van der Waals surface area contributed by atoms with E-state index in [2.05, 4.69) is 15.2 Å². The molecule has 8 heteroatoms. The zero-order valence-electron chi connectivity index (χ0n) is 15.6. The minimum absolute atomic E-state index is 0.0670. The van der Waals surface area contributed by atoms with Crippen LogP contribution in [0.1, 0.15) is 54.4 Å². The number of H-pyrrole nitrogens is 1. The number of nitrogens with zero attached hydrogens (tertiary/aromatic N) is 4. The number of likely N-dealkylation sites (tertiary alicyclic amines) is 1. The average Bonchev–Trinajstić information content (AvgIpc) is 3.34. The number of hydrogen-bond donors (Lipinski definition) is 1. The van der Waals surface area contributed by atoms with Gasteiger partial charge in [0.1, 0.15) is 5.76 Å². The summed E-state index contributed by atoms with van der Waals surface area (Å²) in [5.74, 6) is 0.798. The van der Waals surface area contributed by atoms with Crippen LogP contribution >= 0.6 is 0 Å². The smallest absolute Gasteiger partial charge is 0.275 e. The molecular weight excluding hydrogens is 346 g/mol. The van der Waals surface area contributed by atoms with Crippen molar-refractivity contribution in [1.29, 1.82) is 0 Å². The Hall–Kier alpha value is -2.90. The van der Waals surface area contributed by atoms with E-state index in [0.29, 0.717) is 29.8 Å². The second kappa shape index (κ2) is 7.02. The number of piperidine rings is 1. The Morgan fingerprint density at radius 1 is 1.37 bits per heavy atom. The summed E-state index contributed by atoms with van der Waals surface area (Å²) >= 11 is 0. The van der Waals surface area contributed by atoms with Gasteiger partial charge in [0.05, 0.1) is 17.9 Å². The van der Waals surface area contributed by atoms with Crippen LogP contribution in [0.3, 0.4) is 0 Å². The molecule has 1 aliphatic rings. The maximum absolute atomic E-state index is 12.8. The fraction of sp³-hybridized carbons (Fsp3) is 0.474. The van der Waals surface area contributed by atoms with Crippen LogP contribution in [-0.4, -0.2) is 37.1 Å². The first-order chi connectivity index (χ1) is 13.0. The third-order valence-corrected chi connectivity index (χ3v) is 5.36. The van der Waals surface area contributed by atoms with Crippen molar-refractivity contribution >= 4 is 11.6 Å². The molecule has 4 heterocycles. The molecule has 1 amide bonds. The molecule has 0 bridgehead atoms. The van der Waals surface area contributed by atoms with Gasteiger partial charge in [-0.15, -0.1) is 0 Å². The van der Waals surface area contributed by atoms with E-state index in [0.717, 1.165) is 37.2 Å². The zero-order valence-corrected chi connectivity index (χ0v) is 15.6. The van der Waals surface area contributed by atoms with Crippen LogP contribution in [0.15, 0.2) is 27.6 Å². The molecule has 1 N–H and O–H groups in total. The number of rotatable bonds is 4. The molecule has 3 aromatic rings. The molecular formula is C19H23N5O3. The highest BCUT2D eigenvalue weighted by Gasteiger charge is 2.29. The van der Waals surface area contributed by atoms with Gasteiger partial charge < -0.3 is 9.42 Å². The van der Waals surface area contributed by atoms with Crippen LogP contribution in [-0.2, 0) is 11.2 Å². The zero-order chi connectivity index (χ0) is 19.0. The monoisotopic (exact) mass is 369 g/mol. The first kappa shape index (κ1) is 17.5. The van der Waals surface area contributed by atoms with Crippen LogP contribution in [0.4, 0.5) is 0 Å². The number of amides is 1.